The Morgan fingerprint density at radius 3 is 2.56 bits per heavy atom. The molecule has 0 aromatic heterocycles. The van der Waals surface area contributed by atoms with Crippen LogP contribution >= 0.6 is 0 Å². The normalized spacial score (nSPS) is 14.2. The van der Waals surface area contributed by atoms with Gasteiger partial charge in [-0.15, -0.1) is 0 Å². The number of halogens is 1. The lowest BCUT2D eigenvalue weighted by Crippen LogP contribution is -2.36. The second-order valence-corrected chi connectivity index (χ2v) is 3.64. The number of benzene rings is 1. The standard InChI is InChI=1S/C11H13FO4/c1-11(6-13,10(14)15)7-3-4-9(16-2)8(12)5-7/h3-5,13H,6H2,1-2H3,(H,14,15). The summed E-state index contributed by atoms with van der Waals surface area (Å²) in [5, 5.41) is 18.1. The predicted molar refractivity (Wildman–Crippen MR) is 55.0 cm³/mol. The summed E-state index contributed by atoms with van der Waals surface area (Å²) in [6.07, 6.45) is 0. The van der Waals surface area contributed by atoms with Crippen molar-refractivity contribution in [2.45, 2.75) is 12.3 Å². The summed E-state index contributed by atoms with van der Waals surface area (Å²) in [5.74, 6) is -1.82. The number of carbonyl (C=O) groups is 1. The van der Waals surface area contributed by atoms with Gasteiger partial charge in [-0.1, -0.05) is 6.07 Å². The number of carboxylic acid groups (broad SMARTS) is 1. The molecule has 0 aliphatic heterocycles. The van der Waals surface area contributed by atoms with E-state index in [4.69, 9.17) is 14.9 Å². The van der Waals surface area contributed by atoms with Crippen molar-refractivity contribution in [2.24, 2.45) is 0 Å². The summed E-state index contributed by atoms with van der Waals surface area (Å²) >= 11 is 0. The van der Waals surface area contributed by atoms with Crippen LogP contribution in [0.3, 0.4) is 0 Å². The molecule has 4 nitrogen and oxygen atoms in total. The molecule has 0 saturated carbocycles. The third-order valence-corrected chi connectivity index (χ3v) is 2.58. The maximum Gasteiger partial charge on any atom is 0.316 e. The number of hydrogen-bond donors (Lipinski definition) is 2. The van der Waals surface area contributed by atoms with Crippen LogP contribution in [0.4, 0.5) is 4.39 Å². The SMILES string of the molecule is COc1ccc(C(C)(CO)C(=O)O)cc1F. The monoisotopic (exact) mass is 228 g/mol. The molecule has 0 spiro atoms. The van der Waals surface area contributed by atoms with Crippen LogP contribution in [0.15, 0.2) is 18.2 Å². The number of hydrogen-bond acceptors (Lipinski definition) is 3. The Labute approximate surface area is 92.3 Å². The smallest absolute Gasteiger partial charge is 0.316 e. The Kier molecular flexibility index (Phi) is 3.49. The van der Waals surface area contributed by atoms with E-state index in [1.165, 1.54) is 26.2 Å². The summed E-state index contributed by atoms with van der Waals surface area (Å²) in [6.45, 7) is 0.727. The molecule has 0 aliphatic carbocycles. The number of aliphatic hydroxyl groups is 1. The topological polar surface area (TPSA) is 66.8 Å². The molecule has 88 valence electrons. The number of aliphatic carboxylic acids is 1. The zero-order chi connectivity index (χ0) is 12.3. The average Bonchev–Trinajstić information content (AvgIpc) is 2.27. The van der Waals surface area contributed by atoms with Crippen LogP contribution in [0.5, 0.6) is 5.75 Å². The van der Waals surface area contributed by atoms with Gasteiger partial charge in [-0.2, -0.15) is 0 Å². The van der Waals surface area contributed by atoms with Gasteiger partial charge in [0.2, 0.25) is 0 Å². The minimum atomic E-state index is -1.51. The number of methoxy groups -OCH3 is 1. The molecule has 0 heterocycles. The second kappa shape index (κ2) is 4.49. The first-order valence-corrected chi connectivity index (χ1v) is 4.64. The van der Waals surface area contributed by atoms with Crippen LogP contribution in [0.2, 0.25) is 0 Å². The fourth-order valence-electron chi connectivity index (χ4n) is 1.29. The van der Waals surface area contributed by atoms with E-state index in [9.17, 15) is 9.18 Å². The Hall–Kier alpha value is -1.62. The first-order chi connectivity index (χ1) is 7.45. The van der Waals surface area contributed by atoms with Gasteiger partial charge >= 0.3 is 5.97 Å². The largest absolute Gasteiger partial charge is 0.494 e. The van der Waals surface area contributed by atoms with Crippen molar-refractivity contribution in [3.63, 3.8) is 0 Å². The van der Waals surface area contributed by atoms with Gasteiger partial charge in [0.05, 0.1) is 13.7 Å². The number of rotatable bonds is 4. The summed E-state index contributed by atoms with van der Waals surface area (Å²) in [6, 6.07) is 3.82. The third-order valence-electron chi connectivity index (χ3n) is 2.58. The van der Waals surface area contributed by atoms with E-state index in [2.05, 4.69) is 0 Å². The lowest BCUT2D eigenvalue weighted by atomic mass is 9.83. The summed E-state index contributed by atoms with van der Waals surface area (Å²) in [7, 11) is 1.32. The summed E-state index contributed by atoms with van der Waals surface area (Å²) in [5.41, 5.74) is -1.31. The fraction of sp³-hybridized carbons (Fsp3) is 0.364. The van der Waals surface area contributed by atoms with Gasteiger partial charge in [0, 0.05) is 0 Å². The molecular formula is C11H13FO4. The van der Waals surface area contributed by atoms with Crippen molar-refractivity contribution >= 4 is 5.97 Å². The van der Waals surface area contributed by atoms with E-state index in [0.29, 0.717) is 0 Å². The molecule has 1 aromatic carbocycles. The van der Waals surface area contributed by atoms with Crippen molar-refractivity contribution < 1.29 is 24.1 Å². The summed E-state index contributed by atoms with van der Waals surface area (Å²) in [4.78, 5) is 11.0. The van der Waals surface area contributed by atoms with Gasteiger partial charge in [0.25, 0.3) is 0 Å². The van der Waals surface area contributed by atoms with E-state index >= 15 is 0 Å². The Bertz CT molecular complexity index is 405. The van der Waals surface area contributed by atoms with Gasteiger partial charge in [-0.05, 0) is 24.6 Å². The number of carboxylic acids is 1. The Morgan fingerprint density at radius 1 is 1.56 bits per heavy atom. The summed E-state index contributed by atoms with van der Waals surface area (Å²) < 4.78 is 18.1. The molecule has 0 aliphatic rings. The minimum absolute atomic E-state index is 0.0365. The highest BCUT2D eigenvalue weighted by atomic mass is 19.1. The molecule has 16 heavy (non-hydrogen) atoms. The molecule has 1 rings (SSSR count). The van der Waals surface area contributed by atoms with E-state index in [0.717, 1.165) is 6.07 Å². The lowest BCUT2D eigenvalue weighted by molar-refractivity contribution is -0.144. The number of aliphatic hydroxyl groups excluding tert-OH is 1. The van der Waals surface area contributed by atoms with E-state index in [1.807, 2.05) is 0 Å². The van der Waals surface area contributed by atoms with Crippen LogP contribution in [-0.4, -0.2) is 29.9 Å². The van der Waals surface area contributed by atoms with Gasteiger partial charge in [0.1, 0.15) is 5.41 Å². The van der Waals surface area contributed by atoms with E-state index < -0.39 is 23.8 Å². The van der Waals surface area contributed by atoms with Gasteiger partial charge < -0.3 is 14.9 Å². The predicted octanol–water partition coefficient (Wildman–Crippen LogP) is 1.17. The number of ether oxygens (including phenoxy) is 1. The minimum Gasteiger partial charge on any atom is -0.494 e. The van der Waals surface area contributed by atoms with Gasteiger partial charge in [0.15, 0.2) is 11.6 Å². The van der Waals surface area contributed by atoms with Crippen molar-refractivity contribution in [1.82, 2.24) is 0 Å². The van der Waals surface area contributed by atoms with Crippen LogP contribution < -0.4 is 4.74 Å². The maximum absolute atomic E-state index is 13.4. The van der Waals surface area contributed by atoms with Crippen LogP contribution in [0.1, 0.15) is 12.5 Å². The molecule has 2 N–H and O–H groups in total. The highest BCUT2D eigenvalue weighted by Crippen LogP contribution is 2.27. The maximum atomic E-state index is 13.4. The molecule has 0 bridgehead atoms. The van der Waals surface area contributed by atoms with Crippen molar-refractivity contribution in [1.29, 1.82) is 0 Å². The molecule has 0 saturated heterocycles. The molecule has 1 atom stereocenters. The van der Waals surface area contributed by atoms with Crippen LogP contribution in [-0.2, 0) is 10.2 Å². The molecular weight excluding hydrogens is 215 g/mol. The molecule has 1 aromatic rings. The molecule has 0 radical (unpaired) electrons. The quantitative estimate of drug-likeness (QED) is 0.811. The first kappa shape index (κ1) is 12.4. The zero-order valence-electron chi connectivity index (χ0n) is 9.03. The van der Waals surface area contributed by atoms with Crippen molar-refractivity contribution in [3.05, 3.63) is 29.6 Å². The fourth-order valence-corrected chi connectivity index (χ4v) is 1.29. The molecule has 5 heteroatoms. The van der Waals surface area contributed by atoms with E-state index in [-0.39, 0.29) is 11.3 Å². The van der Waals surface area contributed by atoms with Gasteiger partial charge in [-0.3, -0.25) is 4.79 Å². The molecule has 0 fully saturated rings. The first-order valence-electron chi connectivity index (χ1n) is 4.64. The zero-order valence-corrected chi connectivity index (χ0v) is 9.03. The highest BCUT2D eigenvalue weighted by Gasteiger charge is 2.35. The molecule has 1 unspecified atom stereocenters. The Morgan fingerprint density at radius 2 is 2.19 bits per heavy atom. The Balaban J connectivity index is 3.23. The third kappa shape index (κ3) is 1.99. The highest BCUT2D eigenvalue weighted by molar-refractivity contribution is 5.81. The van der Waals surface area contributed by atoms with Crippen molar-refractivity contribution in [3.8, 4) is 5.75 Å². The van der Waals surface area contributed by atoms with Crippen LogP contribution in [0.25, 0.3) is 0 Å². The van der Waals surface area contributed by atoms with Crippen LogP contribution in [0, 0.1) is 5.82 Å². The van der Waals surface area contributed by atoms with E-state index in [1.54, 1.807) is 0 Å². The van der Waals surface area contributed by atoms with Crippen molar-refractivity contribution in [2.75, 3.05) is 13.7 Å². The lowest BCUT2D eigenvalue weighted by Gasteiger charge is -2.22. The second-order valence-electron chi connectivity index (χ2n) is 3.64. The average molecular weight is 228 g/mol. The molecule has 0 amide bonds. The van der Waals surface area contributed by atoms with Gasteiger partial charge in [-0.25, -0.2) is 4.39 Å².